The maximum Gasteiger partial charge on any atom is 0.342 e. The van der Waals surface area contributed by atoms with Crippen LogP contribution in [0.2, 0.25) is 0 Å². The second-order valence-electron chi connectivity index (χ2n) is 2.71. The first-order valence-corrected chi connectivity index (χ1v) is 4.48. The van der Waals surface area contributed by atoms with Crippen molar-refractivity contribution in [2.45, 2.75) is 13.4 Å². The van der Waals surface area contributed by atoms with E-state index >= 15 is 0 Å². The van der Waals surface area contributed by atoms with Gasteiger partial charge < -0.3 is 14.6 Å². The number of hydrogen-bond donors (Lipinski definition) is 1. The van der Waals surface area contributed by atoms with Gasteiger partial charge in [-0.1, -0.05) is 0 Å². The highest BCUT2D eigenvalue weighted by Crippen LogP contribution is 2.44. The predicted octanol–water partition coefficient (Wildman–Crippen LogP) is 2.14. The van der Waals surface area contributed by atoms with E-state index in [0.717, 1.165) is 0 Å². The molecule has 0 amide bonds. The van der Waals surface area contributed by atoms with Crippen LogP contribution in [0.15, 0.2) is 4.47 Å². The van der Waals surface area contributed by atoms with Crippen LogP contribution in [0.4, 0.5) is 0 Å². The molecule has 80 valence electrons. The van der Waals surface area contributed by atoms with Crippen LogP contribution in [0.1, 0.15) is 32.5 Å². The fourth-order valence-electron chi connectivity index (χ4n) is 1.23. The van der Waals surface area contributed by atoms with Crippen molar-refractivity contribution in [2.24, 2.45) is 0 Å². The van der Waals surface area contributed by atoms with Crippen molar-refractivity contribution in [3.8, 4) is 11.5 Å². The highest BCUT2D eigenvalue weighted by atomic mass is 79.9. The summed E-state index contributed by atoms with van der Waals surface area (Å²) in [6.07, 6.45) is 0. The Labute approximate surface area is 106 Å². The van der Waals surface area contributed by atoms with E-state index in [1.54, 1.807) is 0 Å². The fraction of sp³-hybridized carbons (Fsp3) is 0.300. The lowest BCUT2D eigenvalue weighted by Crippen LogP contribution is -1.99. The monoisotopic (exact) mass is 280 g/mol. The van der Waals surface area contributed by atoms with Crippen LogP contribution < -0.4 is 4.74 Å². The van der Waals surface area contributed by atoms with Crippen molar-refractivity contribution >= 4 is 21.9 Å². The Bertz CT molecular complexity index is 694. The topological polar surface area (TPSA) is 55.8 Å². The van der Waals surface area contributed by atoms with Gasteiger partial charge in [-0.25, -0.2) is 4.79 Å². The minimum Gasteiger partial charge on any atom is -0.506 e. The number of phenols is 1. The molecular weight excluding hydrogens is 264 g/mol. The van der Waals surface area contributed by atoms with Gasteiger partial charge in [-0.2, -0.15) is 0 Å². The molecule has 1 N–H and O–H groups in total. The summed E-state index contributed by atoms with van der Waals surface area (Å²) in [5, 5.41) is 10.0. The van der Waals surface area contributed by atoms with Crippen molar-refractivity contribution in [1.82, 2.24) is 0 Å². The Balaban J connectivity index is 2.96. The second-order valence-corrected chi connectivity index (χ2v) is 3.50. The average Bonchev–Trinajstić information content (AvgIpc) is 2.52. The maximum absolute atomic E-state index is 11.8. The highest BCUT2D eigenvalue weighted by molar-refractivity contribution is 9.10. The molecule has 0 radical (unpaired) electrons. The van der Waals surface area contributed by atoms with Crippen LogP contribution in [0.5, 0.6) is 11.5 Å². The molecule has 0 aromatic heterocycles. The number of rotatable bonds is 1. The smallest absolute Gasteiger partial charge is 0.342 e. The minimum atomic E-state index is -3.07. The third kappa shape index (κ3) is 1.30. The van der Waals surface area contributed by atoms with E-state index in [-0.39, 0.29) is 0 Å². The number of cyclic esters (lactones) is 1. The molecule has 1 aliphatic rings. The number of ether oxygens (including phenoxy) is 2. The van der Waals surface area contributed by atoms with Gasteiger partial charge >= 0.3 is 5.97 Å². The van der Waals surface area contributed by atoms with Gasteiger partial charge in [0.25, 0.3) is 0 Å². The lowest BCUT2D eigenvalue weighted by Gasteiger charge is -2.12. The lowest BCUT2D eigenvalue weighted by molar-refractivity contribution is 0.0533. The van der Waals surface area contributed by atoms with E-state index in [4.69, 9.17) is 11.0 Å². The van der Waals surface area contributed by atoms with Crippen molar-refractivity contribution in [2.75, 3.05) is 7.04 Å². The van der Waals surface area contributed by atoms with Gasteiger partial charge in [0.15, 0.2) is 0 Å². The number of carbonyl (C=O) groups excluding carboxylic acids is 1. The predicted molar refractivity (Wildman–Crippen MR) is 56.2 cm³/mol. The number of fused-ring (bicyclic) bond motifs is 1. The number of esters is 1. The van der Waals surface area contributed by atoms with E-state index in [9.17, 15) is 9.90 Å². The molecule has 0 spiro atoms. The van der Waals surface area contributed by atoms with E-state index in [1.807, 2.05) is 0 Å². The molecule has 0 saturated carbocycles. The first-order chi connectivity index (χ1) is 10.2. The van der Waals surface area contributed by atoms with Crippen LogP contribution in [0.25, 0.3) is 0 Å². The molecule has 15 heavy (non-hydrogen) atoms. The van der Waals surface area contributed by atoms with E-state index in [2.05, 4.69) is 25.4 Å². The Kier molecular flexibility index (Phi) is 0.985. The molecule has 0 unspecified atom stereocenters. The minimum absolute atomic E-state index is 0.492. The first kappa shape index (κ1) is 4.33. The van der Waals surface area contributed by atoms with Crippen LogP contribution in [-0.4, -0.2) is 18.1 Å². The lowest BCUT2D eigenvalue weighted by atomic mass is 10.0. The third-order valence-corrected chi connectivity index (χ3v) is 2.66. The highest BCUT2D eigenvalue weighted by Gasteiger charge is 2.31. The zero-order valence-corrected chi connectivity index (χ0v) is 8.64. The molecule has 0 aliphatic carbocycles. The largest absolute Gasteiger partial charge is 0.506 e. The molecule has 0 bridgehead atoms. The van der Waals surface area contributed by atoms with Gasteiger partial charge in [0.2, 0.25) is 0 Å². The summed E-state index contributed by atoms with van der Waals surface area (Å²) in [7, 11) is -3.07. The number of hydrogen-bond acceptors (Lipinski definition) is 4. The summed E-state index contributed by atoms with van der Waals surface area (Å²) in [5.41, 5.74) is -2.32. The molecule has 1 aromatic carbocycles. The zero-order chi connectivity index (χ0) is 18.0. The maximum atomic E-state index is 11.8. The normalized spacial score (nSPS) is 26.6. The van der Waals surface area contributed by atoms with Crippen LogP contribution >= 0.6 is 15.9 Å². The van der Waals surface area contributed by atoms with Crippen LogP contribution in [0.3, 0.4) is 0 Å². The van der Waals surface area contributed by atoms with Gasteiger partial charge in [-0.15, -0.1) is 0 Å². The number of aromatic hydroxyl groups is 1. The van der Waals surface area contributed by atoms with E-state index in [1.165, 1.54) is 0 Å². The van der Waals surface area contributed by atoms with Crippen molar-refractivity contribution < 1.29 is 30.3 Å². The molecule has 1 aliphatic heterocycles. The van der Waals surface area contributed by atoms with Gasteiger partial charge in [0.1, 0.15) is 28.1 Å². The number of benzene rings is 1. The van der Waals surface area contributed by atoms with Gasteiger partial charge in [-0.05, 0) is 28.3 Å². The summed E-state index contributed by atoms with van der Waals surface area (Å²) < 4.78 is 67.8. The van der Waals surface area contributed by atoms with E-state index in [0.29, 0.717) is 0 Å². The molecule has 1 heterocycles. The molecule has 1 aromatic rings. The first-order valence-electron chi connectivity index (χ1n) is 7.68. The quantitative estimate of drug-likeness (QED) is 0.801. The Morgan fingerprint density at radius 1 is 1.73 bits per heavy atom. The molecule has 2 rings (SSSR count). The summed E-state index contributed by atoms with van der Waals surface area (Å²) >= 11 is 2.79. The van der Waals surface area contributed by atoms with Gasteiger partial charge in [-0.3, -0.25) is 0 Å². The van der Waals surface area contributed by atoms with Crippen molar-refractivity contribution in [1.29, 1.82) is 0 Å². The molecule has 0 atom stereocenters. The standard InChI is InChI=1S/C10H9BrO4/c1-4-5-3-15-10(13)6(5)8(12)7(11)9(4)14-2/h12H,3H2,1-2H3/i1D3,2D3,3D2. The summed E-state index contributed by atoms with van der Waals surface area (Å²) in [4.78, 5) is 11.8. The average molecular weight is 281 g/mol. The van der Waals surface area contributed by atoms with E-state index < -0.39 is 59.1 Å². The van der Waals surface area contributed by atoms with Gasteiger partial charge in [0, 0.05) is 9.68 Å². The Morgan fingerprint density at radius 2 is 2.53 bits per heavy atom. The molecule has 0 saturated heterocycles. The summed E-state index contributed by atoms with van der Waals surface area (Å²) in [6, 6.07) is 0. The number of methoxy groups -OCH3 is 1. The van der Waals surface area contributed by atoms with Crippen molar-refractivity contribution in [3.63, 3.8) is 0 Å². The second kappa shape index (κ2) is 3.41. The Hall–Kier alpha value is -1.23. The van der Waals surface area contributed by atoms with Crippen molar-refractivity contribution in [3.05, 3.63) is 21.2 Å². The van der Waals surface area contributed by atoms with Crippen LogP contribution in [-0.2, 0) is 11.3 Å². The third-order valence-electron chi connectivity index (χ3n) is 1.92. The molecular formula is C10H9BrO4. The van der Waals surface area contributed by atoms with Gasteiger partial charge in [0.05, 0.1) is 13.9 Å². The number of carbonyl (C=O) groups is 1. The Morgan fingerprint density at radius 3 is 3.20 bits per heavy atom. The number of phenolic OH excluding ortho intramolecular Hbond substituents is 1. The molecule has 5 heteroatoms. The number of halogens is 1. The van der Waals surface area contributed by atoms with Crippen LogP contribution in [0, 0.1) is 6.85 Å². The molecule has 4 nitrogen and oxygen atoms in total. The summed E-state index contributed by atoms with van der Waals surface area (Å²) in [5.74, 6) is -2.93. The fourth-order valence-corrected chi connectivity index (χ4v) is 1.71. The molecule has 0 fully saturated rings. The summed E-state index contributed by atoms with van der Waals surface area (Å²) in [6.45, 7) is -5.90. The zero-order valence-electron chi connectivity index (χ0n) is 15.0. The SMILES string of the molecule is [2H]C([2H])([2H])Oc1c(Br)c(O)c2c(c1C([2H])([2H])[2H])C([2H])([2H])OC2=O.